The number of carbonyl (C=O) groups excluding carboxylic acids is 2. The first-order chi connectivity index (χ1) is 16.1. The van der Waals surface area contributed by atoms with Gasteiger partial charge in [0.1, 0.15) is 5.60 Å². The molecule has 7 heteroatoms. The molecule has 0 spiro atoms. The van der Waals surface area contributed by atoms with Crippen molar-refractivity contribution in [3.05, 3.63) is 0 Å². The van der Waals surface area contributed by atoms with E-state index in [1.54, 1.807) is 7.05 Å². The summed E-state index contributed by atoms with van der Waals surface area (Å²) in [4.78, 5) is 25.6. The van der Waals surface area contributed by atoms with Crippen molar-refractivity contribution in [2.75, 3.05) is 13.7 Å². The van der Waals surface area contributed by atoms with Gasteiger partial charge in [0.25, 0.3) is 0 Å². The summed E-state index contributed by atoms with van der Waals surface area (Å²) in [5.74, 6) is 0.758. The van der Waals surface area contributed by atoms with Crippen molar-refractivity contribution in [3.63, 3.8) is 0 Å². The standard InChI is InChI=1S/C27H50N2O5/c1-19(2)16-21(25(30)28-6)18-23(33-24-14-10-11-15-32-24)22(17-20-12-8-7-9-13-20)29-26(31)34-27(3,4)5/h19-24H,7-18H2,1-6H3,(H,28,30)(H,29,31)/t21-,22+,23+,24?/m1/s1. The van der Waals surface area contributed by atoms with Crippen molar-refractivity contribution in [1.29, 1.82) is 0 Å². The van der Waals surface area contributed by atoms with E-state index in [0.29, 0.717) is 24.9 Å². The number of hydrogen-bond donors (Lipinski definition) is 2. The van der Waals surface area contributed by atoms with Crippen molar-refractivity contribution in [2.24, 2.45) is 17.8 Å². The lowest BCUT2D eigenvalue weighted by atomic mass is 9.81. The van der Waals surface area contributed by atoms with Gasteiger partial charge in [-0.3, -0.25) is 4.79 Å². The lowest BCUT2D eigenvalue weighted by Gasteiger charge is -2.37. The van der Waals surface area contributed by atoms with Crippen LogP contribution in [-0.4, -0.2) is 49.7 Å². The molecule has 7 nitrogen and oxygen atoms in total. The zero-order chi connectivity index (χ0) is 25.1. The van der Waals surface area contributed by atoms with Crippen molar-refractivity contribution >= 4 is 12.0 Å². The normalized spacial score (nSPS) is 22.6. The maximum atomic E-state index is 12.9. The number of amides is 2. The predicted molar refractivity (Wildman–Crippen MR) is 134 cm³/mol. The third-order valence-electron chi connectivity index (χ3n) is 6.82. The third-order valence-corrected chi connectivity index (χ3v) is 6.82. The summed E-state index contributed by atoms with van der Waals surface area (Å²) < 4.78 is 18.1. The molecular formula is C27H50N2O5. The summed E-state index contributed by atoms with van der Waals surface area (Å²) >= 11 is 0. The maximum Gasteiger partial charge on any atom is 0.407 e. The Morgan fingerprint density at radius 2 is 1.68 bits per heavy atom. The number of ether oxygens (including phenoxy) is 3. The summed E-state index contributed by atoms with van der Waals surface area (Å²) in [6.45, 7) is 10.6. The van der Waals surface area contributed by atoms with E-state index >= 15 is 0 Å². The molecule has 34 heavy (non-hydrogen) atoms. The quantitative estimate of drug-likeness (QED) is 0.403. The molecule has 0 bridgehead atoms. The molecule has 1 heterocycles. The van der Waals surface area contributed by atoms with E-state index in [1.807, 2.05) is 20.8 Å². The summed E-state index contributed by atoms with van der Waals surface area (Å²) in [7, 11) is 1.69. The fraction of sp³-hybridized carbons (Fsp3) is 0.926. The Morgan fingerprint density at radius 1 is 1.00 bits per heavy atom. The topological polar surface area (TPSA) is 85.9 Å². The second-order valence-corrected chi connectivity index (χ2v) is 11.6. The van der Waals surface area contributed by atoms with E-state index in [9.17, 15) is 9.59 Å². The van der Waals surface area contributed by atoms with Gasteiger partial charge in [0.15, 0.2) is 6.29 Å². The van der Waals surface area contributed by atoms with Gasteiger partial charge in [0.05, 0.1) is 12.1 Å². The highest BCUT2D eigenvalue weighted by Gasteiger charge is 2.35. The first kappa shape index (κ1) is 28.9. The summed E-state index contributed by atoms with van der Waals surface area (Å²) in [6.07, 6.45) is 10.1. The molecule has 2 rings (SSSR count). The van der Waals surface area contributed by atoms with E-state index in [1.165, 1.54) is 32.1 Å². The van der Waals surface area contributed by atoms with Crippen molar-refractivity contribution < 1.29 is 23.8 Å². The molecule has 2 amide bonds. The smallest absolute Gasteiger partial charge is 0.407 e. The minimum Gasteiger partial charge on any atom is -0.444 e. The highest BCUT2D eigenvalue weighted by atomic mass is 16.7. The molecule has 198 valence electrons. The fourth-order valence-corrected chi connectivity index (χ4v) is 5.24. The molecule has 4 atom stereocenters. The molecular weight excluding hydrogens is 432 g/mol. The highest BCUT2D eigenvalue weighted by molar-refractivity contribution is 5.78. The van der Waals surface area contributed by atoms with Crippen LogP contribution in [0.3, 0.4) is 0 Å². The van der Waals surface area contributed by atoms with E-state index in [-0.39, 0.29) is 30.3 Å². The second-order valence-electron chi connectivity index (χ2n) is 11.6. The first-order valence-electron chi connectivity index (χ1n) is 13.6. The van der Waals surface area contributed by atoms with Crippen LogP contribution in [0, 0.1) is 17.8 Å². The van der Waals surface area contributed by atoms with Crippen LogP contribution >= 0.6 is 0 Å². The fourth-order valence-electron chi connectivity index (χ4n) is 5.24. The Hall–Kier alpha value is -1.34. The van der Waals surface area contributed by atoms with Gasteiger partial charge < -0.3 is 24.8 Å². The van der Waals surface area contributed by atoms with Gasteiger partial charge in [-0.2, -0.15) is 0 Å². The van der Waals surface area contributed by atoms with Crippen LogP contribution in [-0.2, 0) is 19.0 Å². The number of rotatable bonds is 11. The van der Waals surface area contributed by atoms with E-state index < -0.39 is 11.7 Å². The molecule has 2 fully saturated rings. The Balaban J connectivity index is 2.26. The molecule has 1 saturated carbocycles. The molecule has 2 aliphatic rings. The first-order valence-corrected chi connectivity index (χ1v) is 13.6. The van der Waals surface area contributed by atoms with E-state index in [2.05, 4.69) is 24.5 Å². The van der Waals surface area contributed by atoms with Crippen LogP contribution in [0.2, 0.25) is 0 Å². The Bertz CT molecular complexity index is 607. The third kappa shape index (κ3) is 10.9. The summed E-state index contributed by atoms with van der Waals surface area (Å²) in [5.41, 5.74) is -0.579. The second kappa shape index (κ2) is 14.3. The zero-order valence-electron chi connectivity index (χ0n) is 22.5. The van der Waals surface area contributed by atoms with Crippen LogP contribution < -0.4 is 10.6 Å². The highest BCUT2D eigenvalue weighted by Crippen LogP contribution is 2.32. The van der Waals surface area contributed by atoms with Gasteiger partial charge in [0.2, 0.25) is 5.91 Å². The molecule has 0 aromatic rings. The van der Waals surface area contributed by atoms with Crippen molar-refractivity contribution in [3.8, 4) is 0 Å². The molecule has 1 saturated heterocycles. The molecule has 1 unspecified atom stereocenters. The minimum absolute atomic E-state index is 0.0283. The SMILES string of the molecule is CNC(=O)[C@H](CC(C)C)C[C@H](OC1CCCCO1)[C@H](CC1CCCCC1)NC(=O)OC(C)(C)C. The minimum atomic E-state index is -0.579. The van der Waals surface area contributed by atoms with Crippen LogP contribution in [0.4, 0.5) is 4.79 Å². The number of hydrogen-bond acceptors (Lipinski definition) is 5. The van der Waals surface area contributed by atoms with Crippen LogP contribution in [0.5, 0.6) is 0 Å². The monoisotopic (exact) mass is 482 g/mol. The molecule has 0 aromatic carbocycles. The number of nitrogens with one attached hydrogen (secondary N) is 2. The summed E-state index contributed by atoms with van der Waals surface area (Å²) in [6, 6.07) is -0.234. The average molecular weight is 483 g/mol. The van der Waals surface area contributed by atoms with Gasteiger partial charge >= 0.3 is 6.09 Å². The average Bonchev–Trinajstić information content (AvgIpc) is 2.77. The van der Waals surface area contributed by atoms with Crippen molar-refractivity contribution in [2.45, 2.75) is 129 Å². The van der Waals surface area contributed by atoms with Crippen molar-refractivity contribution in [1.82, 2.24) is 10.6 Å². The van der Waals surface area contributed by atoms with E-state index in [4.69, 9.17) is 14.2 Å². The molecule has 0 radical (unpaired) electrons. The predicted octanol–water partition coefficient (Wildman–Crippen LogP) is 5.56. The molecule has 1 aliphatic heterocycles. The summed E-state index contributed by atoms with van der Waals surface area (Å²) in [5, 5.41) is 5.99. The van der Waals surface area contributed by atoms with Gasteiger partial charge in [-0.25, -0.2) is 4.79 Å². The van der Waals surface area contributed by atoms with Crippen LogP contribution in [0.15, 0.2) is 0 Å². The van der Waals surface area contributed by atoms with Crippen LogP contribution in [0.1, 0.15) is 105 Å². The molecule has 2 N–H and O–H groups in total. The Morgan fingerprint density at radius 3 is 2.24 bits per heavy atom. The lowest BCUT2D eigenvalue weighted by Crippen LogP contribution is -2.50. The van der Waals surface area contributed by atoms with E-state index in [0.717, 1.165) is 32.1 Å². The number of alkyl carbamates (subject to hydrolysis) is 1. The Labute approximate surface area is 207 Å². The van der Waals surface area contributed by atoms with Crippen LogP contribution in [0.25, 0.3) is 0 Å². The molecule has 1 aliphatic carbocycles. The van der Waals surface area contributed by atoms with Gasteiger partial charge in [0, 0.05) is 19.6 Å². The Kier molecular flexibility index (Phi) is 12.1. The molecule has 0 aromatic heterocycles. The van der Waals surface area contributed by atoms with Gasteiger partial charge in [-0.15, -0.1) is 0 Å². The van der Waals surface area contributed by atoms with Gasteiger partial charge in [-0.1, -0.05) is 46.0 Å². The van der Waals surface area contributed by atoms with Gasteiger partial charge in [-0.05, 0) is 71.1 Å². The largest absolute Gasteiger partial charge is 0.444 e. The number of carbonyl (C=O) groups is 2. The maximum absolute atomic E-state index is 12.9. The zero-order valence-corrected chi connectivity index (χ0v) is 22.5. The lowest BCUT2D eigenvalue weighted by molar-refractivity contribution is -0.198.